The number of nitrogens with zero attached hydrogens (tertiary/aromatic N) is 2. The van der Waals surface area contributed by atoms with Crippen LogP contribution in [0.2, 0.25) is 5.15 Å². The topological polar surface area (TPSA) is 25.8 Å². The molecule has 2 rings (SSSR count). The highest BCUT2D eigenvalue weighted by Gasteiger charge is 2.16. The predicted molar refractivity (Wildman–Crippen MR) is 52.4 cm³/mol. The lowest BCUT2D eigenvalue weighted by atomic mass is 10.1. The van der Waals surface area contributed by atoms with Crippen molar-refractivity contribution >= 4 is 11.6 Å². The van der Waals surface area contributed by atoms with Crippen molar-refractivity contribution < 1.29 is 13.2 Å². The molecular formula is C10H4ClF3N2. The first-order valence-corrected chi connectivity index (χ1v) is 4.58. The second-order valence-electron chi connectivity index (χ2n) is 2.95. The summed E-state index contributed by atoms with van der Waals surface area (Å²) in [7, 11) is 0. The zero-order chi connectivity index (χ0) is 11.7. The molecule has 0 N–H and O–H groups in total. The molecular weight excluding hydrogens is 241 g/mol. The summed E-state index contributed by atoms with van der Waals surface area (Å²) in [4.78, 5) is 7.26. The van der Waals surface area contributed by atoms with Gasteiger partial charge < -0.3 is 0 Å². The van der Waals surface area contributed by atoms with E-state index in [4.69, 9.17) is 11.6 Å². The van der Waals surface area contributed by atoms with Crippen molar-refractivity contribution in [1.82, 2.24) is 9.97 Å². The lowest BCUT2D eigenvalue weighted by Crippen LogP contribution is -1.95. The molecule has 2 nitrogen and oxygen atoms in total. The molecule has 6 heteroatoms. The number of hydrogen-bond donors (Lipinski definition) is 0. The summed E-state index contributed by atoms with van der Waals surface area (Å²) < 4.78 is 39.1. The normalized spacial score (nSPS) is 10.5. The number of benzene rings is 1. The van der Waals surface area contributed by atoms with E-state index in [2.05, 4.69) is 9.97 Å². The van der Waals surface area contributed by atoms with Crippen molar-refractivity contribution in [2.45, 2.75) is 0 Å². The van der Waals surface area contributed by atoms with Gasteiger partial charge in [0, 0.05) is 17.3 Å². The first-order chi connectivity index (χ1) is 7.61. The summed E-state index contributed by atoms with van der Waals surface area (Å²) in [5, 5.41) is -0.0279. The predicted octanol–water partition coefficient (Wildman–Crippen LogP) is 3.21. The summed E-state index contributed by atoms with van der Waals surface area (Å²) >= 11 is 5.69. The maximum Gasteiger partial charge on any atom is 0.195 e. The van der Waals surface area contributed by atoms with Crippen LogP contribution in [0, 0.1) is 17.5 Å². The van der Waals surface area contributed by atoms with Crippen LogP contribution in [-0.2, 0) is 0 Å². The molecule has 0 aliphatic heterocycles. The number of aromatic nitrogens is 2. The minimum Gasteiger partial charge on any atom is -0.244 e. The molecule has 0 saturated carbocycles. The quantitative estimate of drug-likeness (QED) is 0.569. The van der Waals surface area contributed by atoms with Crippen molar-refractivity contribution in [2.75, 3.05) is 0 Å². The highest BCUT2D eigenvalue weighted by Crippen LogP contribution is 2.29. The van der Waals surface area contributed by atoms with Crippen LogP contribution in [-0.4, -0.2) is 9.97 Å². The fraction of sp³-hybridized carbons (Fsp3) is 0. The Hall–Kier alpha value is -1.62. The van der Waals surface area contributed by atoms with E-state index in [1.807, 2.05) is 0 Å². The van der Waals surface area contributed by atoms with E-state index in [-0.39, 0.29) is 16.3 Å². The van der Waals surface area contributed by atoms with Crippen molar-refractivity contribution in [3.05, 3.63) is 47.3 Å². The van der Waals surface area contributed by atoms with E-state index < -0.39 is 17.5 Å². The van der Waals surface area contributed by atoms with Gasteiger partial charge in [-0.3, -0.25) is 0 Å². The first kappa shape index (κ1) is 10.9. The second-order valence-corrected chi connectivity index (χ2v) is 3.31. The molecule has 0 aliphatic rings. The zero-order valence-corrected chi connectivity index (χ0v) is 8.47. The molecule has 0 spiro atoms. The third-order valence-corrected chi connectivity index (χ3v) is 2.29. The van der Waals surface area contributed by atoms with Crippen LogP contribution in [0.25, 0.3) is 11.1 Å². The highest BCUT2D eigenvalue weighted by molar-refractivity contribution is 6.32. The van der Waals surface area contributed by atoms with Crippen molar-refractivity contribution in [3.63, 3.8) is 0 Å². The van der Waals surface area contributed by atoms with E-state index in [1.54, 1.807) is 0 Å². The van der Waals surface area contributed by atoms with Gasteiger partial charge in [0.15, 0.2) is 17.5 Å². The maximum absolute atomic E-state index is 13.4. The standard InChI is InChI=1S/C10H4ClF3N2/c11-10-6(3-15-4-16-10)5-1-2-7(12)9(14)8(5)13/h1-4H. The third-order valence-electron chi connectivity index (χ3n) is 1.99. The van der Waals surface area contributed by atoms with E-state index >= 15 is 0 Å². The van der Waals surface area contributed by atoms with Gasteiger partial charge in [-0.25, -0.2) is 23.1 Å². The average molecular weight is 245 g/mol. The van der Waals surface area contributed by atoms with Gasteiger partial charge in [-0.1, -0.05) is 11.6 Å². The van der Waals surface area contributed by atoms with Gasteiger partial charge in [0.2, 0.25) is 0 Å². The monoisotopic (exact) mass is 244 g/mol. The Kier molecular flexibility index (Phi) is 2.78. The third kappa shape index (κ3) is 1.74. The fourth-order valence-corrected chi connectivity index (χ4v) is 1.42. The zero-order valence-electron chi connectivity index (χ0n) is 7.72. The molecule has 16 heavy (non-hydrogen) atoms. The van der Waals surface area contributed by atoms with Crippen LogP contribution >= 0.6 is 11.6 Å². The minimum absolute atomic E-state index is 0.0279. The Labute approximate surface area is 93.7 Å². The Morgan fingerprint density at radius 1 is 1.00 bits per heavy atom. The minimum atomic E-state index is -1.54. The molecule has 2 aromatic rings. The summed E-state index contributed by atoms with van der Waals surface area (Å²) in [5.41, 5.74) is -0.0648. The summed E-state index contributed by atoms with van der Waals surface area (Å²) in [6.07, 6.45) is 2.40. The van der Waals surface area contributed by atoms with E-state index in [0.29, 0.717) is 0 Å². The molecule has 0 aliphatic carbocycles. The average Bonchev–Trinajstić information content (AvgIpc) is 2.28. The fourth-order valence-electron chi connectivity index (χ4n) is 1.23. The highest BCUT2D eigenvalue weighted by atomic mass is 35.5. The van der Waals surface area contributed by atoms with Crippen LogP contribution in [0.3, 0.4) is 0 Å². The Balaban J connectivity index is 2.66. The second kappa shape index (κ2) is 4.09. The van der Waals surface area contributed by atoms with Gasteiger partial charge in [0.1, 0.15) is 11.5 Å². The lowest BCUT2D eigenvalue weighted by Gasteiger charge is -2.05. The molecule has 0 fully saturated rings. The van der Waals surface area contributed by atoms with Crippen molar-refractivity contribution in [2.24, 2.45) is 0 Å². The van der Waals surface area contributed by atoms with Gasteiger partial charge in [0.05, 0.1) is 0 Å². The molecule has 82 valence electrons. The van der Waals surface area contributed by atoms with Crippen LogP contribution in [0.1, 0.15) is 0 Å². The van der Waals surface area contributed by atoms with Crippen LogP contribution in [0.4, 0.5) is 13.2 Å². The van der Waals surface area contributed by atoms with Gasteiger partial charge in [-0.05, 0) is 12.1 Å². The Morgan fingerprint density at radius 3 is 2.44 bits per heavy atom. The van der Waals surface area contributed by atoms with E-state index in [1.165, 1.54) is 12.5 Å². The molecule has 0 amide bonds. The van der Waals surface area contributed by atoms with Gasteiger partial charge in [-0.15, -0.1) is 0 Å². The largest absolute Gasteiger partial charge is 0.244 e. The van der Waals surface area contributed by atoms with Gasteiger partial charge >= 0.3 is 0 Å². The number of halogens is 4. The Morgan fingerprint density at radius 2 is 1.75 bits per heavy atom. The molecule has 1 heterocycles. The molecule has 1 aromatic carbocycles. The summed E-state index contributed by atoms with van der Waals surface area (Å²) in [6.45, 7) is 0. The maximum atomic E-state index is 13.4. The molecule has 0 bridgehead atoms. The molecule has 0 saturated heterocycles. The number of rotatable bonds is 1. The lowest BCUT2D eigenvalue weighted by molar-refractivity contribution is 0.449. The van der Waals surface area contributed by atoms with Crippen molar-refractivity contribution in [3.8, 4) is 11.1 Å². The Bertz CT molecular complexity index is 546. The first-order valence-electron chi connectivity index (χ1n) is 4.20. The summed E-state index contributed by atoms with van der Waals surface area (Å²) in [6, 6.07) is 1.90. The molecule has 1 aromatic heterocycles. The number of hydrogen-bond acceptors (Lipinski definition) is 2. The van der Waals surface area contributed by atoms with E-state index in [0.717, 1.165) is 12.1 Å². The summed E-state index contributed by atoms with van der Waals surface area (Å²) in [5.74, 6) is -4.11. The van der Waals surface area contributed by atoms with Gasteiger partial charge in [-0.2, -0.15) is 0 Å². The van der Waals surface area contributed by atoms with E-state index in [9.17, 15) is 13.2 Å². The van der Waals surface area contributed by atoms with Crippen LogP contribution in [0.15, 0.2) is 24.7 Å². The van der Waals surface area contributed by atoms with Crippen LogP contribution in [0.5, 0.6) is 0 Å². The molecule has 0 unspecified atom stereocenters. The SMILES string of the molecule is Fc1ccc(-c2cncnc2Cl)c(F)c1F. The van der Waals surface area contributed by atoms with Crippen LogP contribution < -0.4 is 0 Å². The molecule has 0 radical (unpaired) electrons. The van der Waals surface area contributed by atoms with Gasteiger partial charge in [0.25, 0.3) is 0 Å². The smallest absolute Gasteiger partial charge is 0.195 e. The molecule has 0 atom stereocenters. The van der Waals surface area contributed by atoms with Crippen molar-refractivity contribution in [1.29, 1.82) is 0 Å².